The first kappa shape index (κ1) is 12.4. The minimum atomic E-state index is 0.620. The summed E-state index contributed by atoms with van der Waals surface area (Å²) >= 11 is 6.25. The van der Waals surface area contributed by atoms with Crippen LogP contribution in [0.2, 0.25) is 5.15 Å². The topological polar surface area (TPSA) is 29.0 Å². The van der Waals surface area contributed by atoms with E-state index >= 15 is 0 Å². The maximum Gasteiger partial charge on any atom is 0.161 e. The van der Waals surface area contributed by atoms with Crippen molar-refractivity contribution in [3.05, 3.63) is 40.7 Å². The Labute approximate surface area is 118 Å². The second-order valence-electron chi connectivity index (χ2n) is 5.06. The summed E-state index contributed by atoms with van der Waals surface area (Å²) in [5.74, 6) is 0.732. The minimum Gasteiger partial charge on any atom is -0.378 e. The summed E-state index contributed by atoms with van der Waals surface area (Å²) < 4.78 is 0. The van der Waals surface area contributed by atoms with Gasteiger partial charge in [0.2, 0.25) is 0 Å². The summed E-state index contributed by atoms with van der Waals surface area (Å²) in [6.07, 6.45) is 3.15. The molecule has 98 valence electrons. The van der Waals surface area contributed by atoms with Gasteiger partial charge in [-0.25, -0.2) is 9.97 Å². The summed E-state index contributed by atoms with van der Waals surface area (Å²) in [4.78, 5) is 11.1. The van der Waals surface area contributed by atoms with Crippen molar-refractivity contribution in [1.82, 2.24) is 9.97 Å². The van der Waals surface area contributed by atoms with E-state index in [2.05, 4.69) is 27.0 Å². The summed E-state index contributed by atoms with van der Waals surface area (Å²) in [5, 5.41) is 0.620. The molecule has 3 nitrogen and oxygen atoms in total. The van der Waals surface area contributed by atoms with Crippen molar-refractivity contribution in [3.8, 4) is 11.4 Å². The predicted molar refractivity (Wildman–Crippen MR) is 78.8 cm³/mol. The van der Waals surface area contributed by atoms with Gasteiger partial charge in [0.25, 0.3) is 0 Å². The van der Waals surface area contributed by atoms with Crippen LogP contribution in [0.15, 0.2) is 24.3 Å². The average Bonchev–Trinajstić information content (AvgIpc) is 2.87. The van der Waals surface area contributed by atoms with Gasteiger partial charge in [-0.2, -0.15) is 0 Å². The number of aryl methyl sites for hydroxylation is 1. The van der Waals surface area contributed by atoms with Crippen LogP contribution < -0.4 is 4.90 Å². The van der Waals surface area contributed by atoms with Crippen LogP contribution in [0.3, 0.4) is 0 Å². The molecule has 2 aromatic rings. The molecule has 19 heavy (non-hydrogen) atoms. The van der Waals surface area contributed by atoms with Crippen molar-refractivity contribution >= 4 is 17.3 Å². The molecular weight excluding hydrogens is 258 g/mol. The quantitative estimate of drug-likeness (QED) is 0.786. The lowest BCUT2D eigenvalue weighted by Crippen LogP contribution is -2.08. The van der Waals surface area contributed by atoms with Gasteiger partial charge >= 0.3 is 0 Å². The maximum atomic E-state index is 6.25. The van der Waals surface area contributed by atoms with E-state index in [1.807, 2.05) is 26.2 Å². The van der Waals surface area contributed by atoms with Crippen molar-refractivity contribution in [2.24, 2.45) is 0 Å². The third-order valence-electron chi connectivity index (χ3n) is 3.52. The molecule has 0 aliphatic heterocycles. The highest BCUT2D eigenvalue weighted by Gasteiger charge is 2.18. The fraction of sp³-hybridized carbons (Fsp3) is 0.333. The van der Waals surface area contributed by atoms with Crippen LogP contribution in [-0.4, -0.2) is 24.1 Å². The smallest absolute Gasteiger partial charge is 0.161 e. The molecule has 0 spiro atoms. The van der Waals surface area contributed by atoms with E-state index in [0.717, 1.165) is 47.6 Å². The molecule has 0 atom stereocenters. The molecule has 3 rings (SSSR count). The monoisotopic (exact) mass is 273 g/mol. The Balaban J connectivity index is 2.00. The van der Waals surface area contributed by atoms with E-state index in [1.54, 1.807) is 0 Å². The molecule has 1 heterocycles. The van der Waals surface area contributed by atoms with Gasteiger partial charge in [-0.1, -0.05) is 11.6 Å². The number of fused-ring (bicyclic) bond motifs is 1. The number of halogens is 1. The highest BCUT2D eigenvalue weighted by Crippen LogP contribution is 2.29. The van der Waals surface area contributed by atoms with E-state index < -0.39 is 0 Å². The minimum absolute atomic E-state index is 0.620. The zero-order valence-electron chi connectivity index (χ0n) is 11.2. The number of anilines is 1. The second kappa shape index (κ2) is 4.82. The lowest BCUT2D eigenvalue weighted by atomic mass is 10.1. The van der Waals surface area contributed by atoms with Crippen LogP contribution >= 0.6 is 11.6 Å². The number of rotatable bonds is 2. The first-order valence-electron chi connectivity index (χ1n) is 6.48. The molecule has 0 N–H and O–H groups in total. The molecule has 0 radical (unpaired) electrons. The first-order valence-corrected chi connectivity index (χ1v) is 6.86. The Kier molecular flexibility index (Phi) is 3.15. The first-order chi connectivity index (χ1) is 9.15. The molecule has 1 aromatic heterocycles. The highest BCUT2D eigenvalue weighted by molar-refractivity contribution is 6.30. The molecule has 0 amide bonds. The van der Waals surface area contributed by atoms with Crippen LogP contribution in [0.1, 0.15) is 17.7 Å². The third kappa shape index (κ3) is 2.30. The number of benzene rings is 1. The van der Waals surface area contributed by atoms with Crippen LogP contribution in [0, 0.1) is 0 Å². The van der Waals surface area contributed by atoms with E-state index in [4.69, 9.17) is 11.6 Å². The molecule has 1 aliphatic rings. The Morgan fingerprint density at radius 3 is 2.47 bits per heavy atom. The van der Waals surface area contributed by atoms with Crippen LogP contribution in [0.25, 0.3) is 11.4 Å². The highest BCUT2D eigenvalue weighted by atomic mass is 35.5. The van der Waals surface area contributed by atoms with E-state index in [0.29, 0.717) is 5.15 Å². The molecule has 1 aromatic carbocycles. The molecule has 0 bridgehead atoms. The van der Waals surface area contributed by atoms with E-state index in [-0.39, 0.29) is 0 Å². The van der Waals surface area contributed by atoms with E-state index in [9.17, 15) is 0 Å². The summed E-state index contributed by atoms with van der Waals surface area (Å²) in [6.45, 7) is 0. The van der Waals surface area contributed by atoms with Gasteiger partial charge in [0, 0.05) is 36.6 Å². The normalized spacial score (nSPS) is 13.4. The Morgan fingerprint density at radius 2 is 1.79 bits per heavy atom. The van der Waals surface area contributed by atoms with Gasteiger partial charge in [0.05, 0.1) is 0 Å². The molecule has 4 heteroatoms. The van der Waals surface area contributed by atoms with Crippen molar-refractivity contribution in [2.75, 3.05) is 19.0 Å². The fourth-order valence-electron chi connectivity index (χ4n) is 2.42. The fourth-order valence-corrected chi connectivity index (χ4v) is 2.71. The lowest BCUT2D eigenvalue weighted by Gasteiger charge is -2.12. The zero-order chi connectivity index (χ0) is 13.4. The second-order valence-corrected chi connectivity index (χ2v) is 5.42. The Morgan fingerprint density at radius 1 is 1.05 bits per heavy atom. The summed E-state index contributed by atoms with van der Waals surface area (Å²) in [7, 11) is 4.05. The SMILES string of the molecule is CN(C)c1ccc(-c2nc(Cl)c3c(n2)CCC3)cc1. The van der Waals surface area contributed by atoms with Crippen LogP contribution in [0.5, 0.6) is 0 Å². The Bertz CT molecular complexity index is 606. The standard InChI is InChI=1S/C15H16ClN3/c1-19(2)11-8-6-10(7-9-11)15-17-13-5-3-4-12(13)14(16)18-15/h6-9H,3-5H2,1-2H3. The van der Waals surface area contributed by atoms with Crippen molar-refractivity contribution < 1.29 is 0 Å². The molecule has 0 saturated carbocycles. The van der Waals surface area contributed by atoms with Gasteiger partial charge in [-0.3, -0.25) is 0 Å². The number of hydrogen-bond acceptors (Lipinski definition) is 3. The molecule has 0 fully saturated rings. The van der Waals surface area contributed by atoms with E-state index in [1.165, 1.54) is 0 Å². The van der Waals surface area contributed by atoms with Crippen molar-refractivity contribution in [3.63, 3.8) is 0 Å². The number of aromatic nitrogens is 2. The van der Waals surface area contributed by atoms with Gasteiger partial charge < -0.3 is 4.90 Å². The molecule has 1 aliphatic carbocycles. The summed E-state index contributed by atoms with van der Waals surface area (Å²) in [6, 6.07) is 8.23. The predicted octanol–water partition coefficient (Wildman–Crippen LogP) is 3.35. The zero-order valence-corrected chi connectivity index (χ0v) is 11.9. The van der Waals surface area contributed by atoms with Gasteiger partial charge in [-0.15, -0.1) is 0 Å². The van der Waals surface area contributed by atoms with Crippen LogP contribution in [-0.2, 0) is 12.8 Å². The third-order valence-corrected chi connectivity index (χ3v) is 3.84. The van der Waals surface area contributed by atoms with Crippen LogP contribution in [0.4, 0.5) is 5.69 Å². The molecule has 0 saturated heterocycles. The largest absolute Gasteiger partial charge is 0.378 e. The van der Waals surface area contributed by atoms with Gasteiger partial charge in [-0.05, 0) is 43.5 Å². The summed E-state index contributed by atoms with van der Waals surface area (Å²) in [5.41, 5.74) is 4.43. The number of hydrogen-bond donors (Lipinski definition) is 0. The lowest BCUT2D eigenvalue weighted by molar-refractivity contribution is 0.900. The number of nitrogens with zero attached hydrogens (tertiary/aromatic N) is 3. The Hall–Kier alpha value is -1.61. The van der Waals surface area contributed by atoms with Gasteiger partial charge in [0.1, 0.15) is 5.15 Å². The van der Waals surface area contributed by atoms with Gasteiger partial charge in [0.15, 0.2) is 5.82 Å². The average molecular weight is 274 g/mol. The van der Waals surface area contributed by atoms with Crippen molar-refractivity contribution in [1.29, 1.82) is 0 Å². The maximum absolute atomic E-state index is 6.25. The molecule has 0 unspecified atom stereocenters. The molecular formula is C15H16ClN3. The van der Waals surface area contributed by atoms with Crippen molar-refractivity contribution in [2.45, 2.75) is 19.3 Å².